The highest BCUT2D eigenvalue weighted by Gasteiger charge is 2.18. The lowest BCUT2D eigenvalue weighted by Crippen LogP contribution is -1.94. The summed E-state index contributed by atoms with van der Waals surface area (Å²) in [5.74, 6) is 0. The van der Waals surface area contributed by atoms with Gasteiger partial charge in [-0.1, -0.05) is 115 Å². The van der Waals surface area contributed by atoms with Gasteiger partial charge >= 0.3 is 0 Å². The van der Waals surface area contributed by atoms with Gasteiger partial charge in [-0.3, -0.25) is 15.0 Å². The fraction of sp³-hybridized carbons (Fsp3) is 0. The zero-order valence-corrected chi connectivity index (χ0v) is 23.9. The van der Waals surface area contributed by atoms with Gasteiger partial charge in [-0.25, -0.2) is 0 Å². The molecule has 0 N–H and O–H groups in total. The Balaban J connectivity index is 1.38. The predicted molar refractivity (Wildman–Crippen MR) is 182 cm³/mol. The Labute approximate surface area is 256 Å². The normalized spacial score (nSPS) is 11.2. The Morgan fingerprint density at radius 1 is 0.295 bits per heavy atom. The molecule has 0 atom stereocenters. The zero-order valence-electron chi connectivity index (χ0n) is 23.9. The smallest absolute Gasteiger partial charge is 0.0886 e. The van der Waals surface area contributed by atoms with Gasteiger partial charge in [0.25, 0.3) is 0 Å². The van der Waals surface area contributed by atoms with Crippen LogP contribution in [0.2, 0.25) is 0 Å². The number of hydrogen-bond acceptors (Lipinski definition) is 3. The molecular formula is C41H27N3. The summed E-state index contributed by atoms with van der Waals surface area (Å²) >= 11 is 0. The minimum atomic E-state index is 0.856. The van der Waals surface area contributed by atoms with Gasteiger partial charge in [-0.15, -0.1) is 0 Å². The van der Waals surface area contributed by atoms with Crippen molar-refractivity contribution in [2.24, 2.45) is 0 Å². The monoisotopic (exact) mass is 561 g/mol. The average Bonchev–Trinajstić information content (AvgIpc) is 3.12. The standard InChI is InChI=1S/C41H27N3/c1-3-11-28(12-4-1)30-18-21-35-36(25-30)41(32-20-23-39(44-27-32)38-17-9-10-24-42-38)34-16-8-7-15-33(34)40(35)31-19-22-37(43-26-31)29-13-5-2-6-14-29/h1-27H. The topological polar surface area (TPSA) is 38.7 Å². The van der Waals surface area contributed by atoms with Crippen molar-refractivity contribution in [3.8, 4) is 56.0 Å². The third-order valence-electron chi connectivity index (χ3n) is 8.23. The average molecular weight is 562 g/mol. The molecule has 0 bridgehead atoms. The first-order valence-corrected chi connectivity index (χ1v) is 14.8. The minimum absolute atomic E-state index is 0.856. The highest BCUT2D eigenvalue weighted by Crippen LogP contribution is 2.44. The van der Waals surface area contributed by atoms with E-state index in [-0.39, 0.29) is 0 Å². The molecule has 0 spiro atoms. The van der Waals surface area contributed by atoms with Crippen LogP contribution in [0.5, 0.6) is 0 Å². The largest absolute Gasteiger partial charge is 0.256 e. The number of hydrogen-bond donors (Lipinski definition) is 0. The van der Waals surface area contributed by atoms with E-state index in [1.165, 1.54) is 43.8 Å². The Kier molecular flexibility index (Phi) is 6.47. The van der Waals surface area contributed by atoms with Gasteiger partial charge in [0.15, 0.2) is 0 Å². The highest BCUT2D eigenvalue weighted by molar-refractivity contribution is 6.21. The van der Waals surface area contributed by atoms with Crippen LogP contribution >= 0.6 is 0 Å². The minimum Gasteiger partial charge on any atom is -0.256 e. The van der Waals surface area contributed by atoms with Crippen molar-refractivity contribution in [3.05, 3.63) is 164 Å². The van der Waals surface area contributed by atoms with Gasteiger partial charge < -0.3 is 0 Å². The van der Waals surface area contributed by atoms with Crippen LogP contribution < -0.4 is 0 Å². The Hall–Kier alpha value is -5.93. The molecule has 0 saturated carbocycles. The van der Waals surface area contributed by atoms with Crippen molar-refractivity contribution in [1.82, 2.24) is 15.0 Å². The molecule has 3 heteroatoms. The third-order valence-corrected chi connectivity index (χ3v) is 8.23. The summed E-state index contributed by atoms with van der Waals surface area (Å²) in [6.45, 7) is 0. The molecule has 0 saturated heterocycles. The first kappa shape index (κ1) is 25.8. The van der Waals surface area contributed by atoms with Crippen molar-refractivity contribution in [2.75, 3.05) is 0 Å². The van der Waals surface area contributed by atoms with E-state index in [2.05, 4.69) is 114 Å². The summed E-state index contributed by atoms with van der Waals surface area (Å²) in [7, 11) is 0. The van der Waals surface area contributed by atoms with Gasteiger partial charge in [-0.2, -0.15) is 0 Å². The molecule has 0 aliphatic heterocycles. The van der Waals surface area contributed by atoms with Crippen molar-refractivity contribution in [3.63, 3.8) is 0 Å². The highest BCUT2D eigenvalue weighted by atomic mass is 14.8. The maximum atomic E-state index is 4.91. The predicted octanol–water partition coefficient (Wildman–Crippen LogP) is 10.5. The molecule has 5 aromatic carbocycles. The lowest BCUT2D eigenvalue weighted by molar-refractivity contribution is 1.25. The Morgan fingerprint density at radius 2 is 0.818 bits per heavy atom. The summed E-state index contributed by atoms with van der Waals surface area (Å²) in [6, 6.07) is 50.9. The van der Waals surface area contributed by atoms with Gasteiger partial charge in [0.1, 0.15) is 0 Å². The molecule has 44 heavy (non-hydrogen) atoms. The maximum absolute atomic E-state index is 4.91. The van der Waals surface area contributed by atoms with Gasteiger partial charge in [0.05, 0.1) is 17.1 Å². The van der Waals surface area contributed by atoms with E-state index in [1.807, 2.05) is 48.8 Å². The van der Waals surface area contributed by atoms with Crippen LogP contribution in [0, 0.1) is 0 Å². The van der Waals surface area contributed by atoms with E-state index < -0.39 is 0 Å². The maximum Gasteiger partial charge on any atom is 0.0886 e. The van der Waals surface area contributed by atoms with Crippen LogP contribution in [0.3, 0.4) is 0 Å². The zero-order chi connectivity index (χ0) is 29.3. The molecule has 0 aliphatic rings. The number of fused-ring (bicyclic) bond motifs is 2. The second-order valence-electron chi connectivity index (χ2n) is 10.9. The molecular weight excluding hydrogens is 534 g/mol. The molecule has 0 radical (unpaired) electrons. The van der Waals surface area contributed by atoms with E-state index in [9.17, 15) is 0 Å². The van der Waals surface area contributed by atoms with E-state index in [0.29, 0.717) is 0 Å². The van der Waals surface area contributed by atoms with Gasteiger partial charge in [-0.05, 0) is 74.1 Å². The molecule has 3 aromatic heterocycles. The van der Waals surface area contributed by atoms with E-state index in [0.717, 1.165) is 33.8 Å². The third kappa shape index (κ3) is 4.61. The Morgan fingerprint density at radius 3 is 1.43 bits per heavy atom. The van der Waals surface area contributed by atoms with Gasteiger partial charge in [0.2, 0.25) is 0 Å². The number of nitrogens with zero attached hydrogens (tertiary/aromatic N) is 3. The molecule has 3 nitrogen and oxygen atoms in total. The quantitative estimate of drug-likeness (QED) is 0.196. The van der Waals surface area contributed by atoms with Crippen LogP contribution in [0.1, 0.15) is 0 Å². The summed E-state index contributed by atoms with van der Waals surface area (Å²) < 4.78 is 0. The first-order chi connectivity index (χ1) is 21.8. The lowest BCUT2D eigenvalue weighted by atomic mass is 9.85. The van der Waals surface area contributed by atoms with Crippen molar-refractivity contribution < 1.29 is 0 Å². The molecule has 0 aliphatic carbocycles. The summed E-state index contributed by atoms with van der Waals surface area (Å²) in [5, 5.41) is 4.73. The number of benzene rings is 5. The fourth-order valence-electron chi connectivity index (χ4n) is 6.14. The van der Waals surface area contributed by atoms with Crippen LogP contribution in [0.15, 0.2) is 164 Å². The lowest BCUT2D eigenvalue weighted by Gasteiger charge is -2.19. The Bertz CT molecular complexity index is 2230. The molecule has 206 valence electrons. The molecule has 0 amide bonds. The summed E-state index contributed by atoms with van der Waals surface area (Å²) in [5.41, 5.74) is 10.7. The first-order valence-electron chi connectivity index (χ1n) is 14.8. The number of aromatic nitrogens is 3. The number of rotatable bonds is 5. The second kappa shape index (κ2) is 11.0. The van der Waals surface area contributed by atoms with Crippen molar-refractivity contribution in [2.45, 2.75) is 0 Å². The molecule has 3 heterocycles. The van der Waals surface area contributed by atoms with Crippen molar-refractivity contribution in [1.29, 1.82) is 0 Å². The van der Waals surface area contributed by atoms with Crippen LogP contribution in [0.25, 0.3) is 77.6 Å². The molecule has 8 aromatic rings. The number of pyridine rings is 3. The summed E-state index contributed by atoms with van der Waals surface area (Å²) in [6.07, 6.45) is 5.80. The van der Waals surface area contributed by atoms with Gasteiger partial charge in [0, 0.05) is 35.3 Å². The van der Waals surface area contributed by atoms with E-state index >= 15 is 0 Å². The van der Waals surface area contributed by atoms with Crippen LogP contribution in [-0.4, -0.2) is 15.0 Å². The van der Waals surface area contributed by atoms with Crippen LogP contribution in [0.4, 0.5) is 0 Å². The molecule has 0 fully saturated rings. The van der Waals surface area contributed by atoms with E-state index in [1.54, 1.807) is 6.20 Å². The van der Waals surface area contributed by atoms with E-state index in [4.69, 9.17) is 9.97 Å². The van der Waals surface area contributed by atoms with Crippen LogP contribution in [-0.2, 0) is 0 Å². The summed E-state index contributed by atoms with van der Waals surface area (Å²) in [4.78, 5) is 14.3. The molecule has 8 rings (SSSR count). The second-order valence-corrected chi connectivity index (χ2v) is 10.9. The SMILES string of the molecule is c1ccc(-c2ccc3c(-c4ccc(-c5ccccc5)nc4)c4ccccc4c(-c4ccc(-c5ccccn5)nc4)c3c2)cc1. The fourth-order valence-corrected chi connectivity index (χ4v) is 6.14. The van der Waals surface area contributed by atoms with Crippen molar-refractivity contribution >= 4 is 21.5 Å². The molecule has 0 unspecified atom stereocenters.